The molecule has 0 fully saturated rings. The summed E-state index contributed by atoms with van der Waals surface area (Å²) in [5.41, 5.74) is 0.510. The van der Waals surface area contributed by atoms with Gasteiger partial charge in [0.05, 0.1) is 11.6 Å². The molecule has 0 radical (unpaired) electrons. The first-order valence-electron chi connectivity index (χ1n) is 5.98. The minimum absolute atomic E-state index is 0.000122. The average Bonchev–Trinajstić information content (AvgIpc) is 2.38. The molecule has 5 nitrogen and oxygen atoms in total. The minimum Gasteiger partial charge on any atom is -0.392 e. The summed E-state index contributed by atoms with van der Waals surface area (Å²) in [4.78, 5) is 1.99. The number of benzene rings is 1. The van der Waals surface area contributed by atoms with Crippen molar-refractivity contribution in [3.05, 3.63) is 28.8 Å². The number of nitrogens with zero attached hydrogens (tertiary/aromatic N) is 1. The van der Waals surface area contributed by atoms with Crippen molar-refractivity contribution in [3.63, 3.8) is 0 Å². The number of hydrogen-bond donors (Lipinski definition) is 2. The van der Waals surface area contributed by atoms with Crippen LogP contribution in [-0.4, -0.2) is 45.1 Å². The lowest BCUT2D eigenvalue weighted by Gasteiger charge is -2.14. The molecule has 0 aromatic heterocycles. The van der Waals surface area contributed by atoms with Gasteiger partial charge in [0, 0.05) is 13.1 Å². The standard InChI is InChI=1S/C12H19ClN2O3S/c1-3-15(2)7-6-14-19(17,18)12-8-10(9-16)4-5-11(12)13/h4-5,8,14,16H,3,6-7,9H2,1-2H3. The van der Waals surface area contributed by atoms with E-state index in [0.717, 1.165) is 6.54 Å². The second-order valence-corrected chi connectivity index (χ2v) is 6.36. The molecule has 0 aliphatic heterocycles. The summed E-state index contributed by atoms with van der Waals surface area (Å²) < 4.78 is 26.7. The van der Waals surface area contributed by atoms with Gasteiger partial charge in [-0.15, -0.1) is 0 Å². The molecule has 0 atom stereocenters. The lowest BCUT2D eigenvalue weighted by Crippen LogP contribution is -2.33. The fraction of sp³-hybridized carbons (Fsp3) is 0.500. The van der Waals surface area contributed by atoms with Crippen LogP contribution in [0.1, 0.15) is 12.5 Å². The molecule has 0 heterocycles. The van der Waals surface area contributed by atoms with Crippen molar-refractivity contribution in [1.29, 1.82) is 0 Å². The zero-order valence-electron chi connectivity index (χ0n) is 11.1. The van der Waals surface area contributed by atoms with Gasteiger partial charge in [0.15, 0.2) is 0 Å². The number of nitrogens with one attached hydrogen (secondary N) is 1. The SMILES string of the molecule is CCN(C)CCNS(=O)(=O)c1cc(CO)ccc1Cl. The van der Waals surface area contributed by atoms with Gasteiger partial charge >= 0.3 is 0 Å². The molecule has 1 rings (SSSR count). The second kappa shape index (κ2) is 7.21. The molecule has 0 saturated heterocycles. The van der Waals surface area contributed by atoms with E-state index in [1.807, 2.05) is 18.9 Å². The van der Waals surface area contributed by atoms with Gasteiger partial charge in [-0.1, -0.05) is 24.6 Å². The van der Waals surface area contributed by atoms with E-state index in [1.54, 1.807) is 6.07 Å². The van der Waals surface area contributed by atoms with Crippen LogP contribution in [0.3, 0.4) is 0 Å². The van der Waals surface area contributed by atoms with Gasteiger partial charge in [-0.05, 0) is 31.3 Å². The number of sulfonamides is 1. The van der Waals surface area contributed by atoms with E-state index >= 15 is 0 Å². The summed E-state index contributed by atoms with van der Waals surface area (Å²) in [6, 6.07) is 4.44. The van der Waals surface area contributed by atoms with E-state index in [0.29, 0.717) is 18.7 Å². The number of hydrogen-bond acceptors (Lipinski definition) is 4. The molecule has 1 aromatic carbocycles. The van der Waals surface area contributed by atoms with Crippen molar-refractivity contribution in [1.82, 2.24) is 9.62 Å². The monoisotopic (exact) mass is 306 g/mol. The van der Waals surface area contributed by atoms with Crippen LogP contribution in [0.15, 0.2) is 23.1 Å². The van der Waals surface area contributed by atoms with Gasteiger partial charge < -0.3 is 10.0 Å². The molecule has 0 saturated carbocycles. The predicted octanol–water partition coefficient (Wildman–Crippen LogP) is 1.06. The Labute approximate surface area is 119 Å². The molecule has 0 bridgehead atoms. The Morgan fingerprint density at radius 1 is 1.42 bits per heavy atom. The fourth-order valence-corrected chi connectivity index (χ4v) is 3.03. The number of aliphatic hydroxyl groups is 1. The molecule has 19 heavy (non-hydrogen) atoms. The Morgan fingerprint density at radius 3 is 2.68 bits per heavy atom. The van der Waals surface area contributed by atoms with Crippen LogP contribution in [0, 0.1) is 0 Å². The average molecular weight is 307 g/mol. The molecule has 0 aliphatic carbocycles. The topological polar surface area (TPSA) is 69.6 Å². The molecule has 0 spiro atoms. The van der Waals surface area contributed by atoms with E-state index in [1.165, 1.54) is 12.1 Å². The van der Waals surface area contributed by atoms with E-state index in [2.05, 4.69) is 4.72 Å². The fourth-order valence-electron chi connectivity index (χ4n) is 1.46. The third-order valence-corrected chi connectivity index (χ3v) is 4.74. The highest BCUT2D eigenvalue weighted by atomic mass is 35.5. The summed E-state index contributed by atoms with van der Waals surface area (Å²) in [6.07, 6.45) is 0. The van der Waals surface area contributed by atoms with Crippen LogP contribution in [0.4, 0.5) is 0 Å². The van der Waals surface area contributed by atoms with Gasteiger partial charge in [-0.3, -0.25) is 0 Å². The number of likely N-dealkylation sites (N-methyl/N-ethyl adjacent to an activating group) is 1. The summed E-state index contributed by atoms with van der Waals surface area (Å²) in [5.74, 6) is 0. The Balaban J connectivity index is 2.82. The van der Waals surface area contributed by atoms with Crippen LogP contribution >= 0.6 is 11.6 Å². The predicted molar refractivity (Wildman–Crippen MR) is 75.7 cm³/mol. The first kappa shape index (κ1) is 16.4. The highest BCUT2D eigenvalue weighted by molar-refractivity contribution is 7.89. The summed E-state index contributed by atoms with van der Waals surface area (Å²) in [5, 5.41) is 9.18. The molecule has 1 aromatic rings. The normalized spacial score (nSPS) is 12.1. The zero-order chi connectivity index (χ0) is 14.5. The van der Waals surface area contributed by atoms with Crippen LogP contribution in [0.25, 0.3) is 0 Å². The summed E-state index contributed by atoms with van der Waals surface area (Å²) >= 11 is 5.90. The number of halogens is 1. The minimum atomic E-state index is -3.65. The van der Waals surface area contributed by atoms with Crippen LogP contribution in [0.2, 0.25) is 5.02 Å². The van der Waals surface area contributed by atoms with Crippen molar-refractivity contribution in [2.75, 3.05) is 26.7 Å². The summed E-state index contributed by atoms with van der Waals surface area (Å²) in [6.45, 7) is 3.55. The van der Waals surface area contributed by atoms with Crippen molar-refractivity contribution < 1.29 is 13.5 Å². The summed E-state index contributed by atoms with van der Waals surface area (Å²) in [7, 11) is -1.74. The van der Waals surface area contributed by atoms with Crippen molar-refractivity contribution in [2.24, 2.45) is 0 Å². The van der Waals surface area contributed by atoms with Gasteiger partial charge in [0.2, 0.25) is 10.0 Å². The lowest BCUT2D eigenvalue weighted by molar-refractivity contribution is 0.281. The lowest BCUT2D eigenvalue weighted by atomic mass is 10.2. The Kier molecular flexibility index (Phi) is 6.22. The van der Waals surface area contributed by atoms with Gasteiger partial charge in [-0.2, -0.15) is 0 Å². The molecule has 0 unspecified atom stereocenters. The van der Waals surface area contributed by atoms with Crippen molar-refractivity contribution in [2.45, 2.75) is 18.4 Å². The number of rotatable bonds is 7. The van der Waals surface area contributed by atoms with Crippen molar-refractivity contribution >= 4 is 21.6 Å². The van der Waals surface area contributed by atoms with Crippen LogP contribution in [-0.2, 0) is 16.6 Å². The molecule has 2 N–H and O–H groups in total. The Bertz CT molecular complexity index is 520. The van der Waals surface area contributed by atoms with Gasteiger partial charge in [0.1, 0.15) is 4.90 Å². The maximum atomic E-state index is 12.1. The maximum absolute atomic E-state index is 12.1. The van der Waals surface area contributed by atoms with Crippen LogP contribution in [0.5, 0.6) is 0 Å². The molecule has 0 amide bonds. The second-order valence-electron chi connectivity index (χ2n) is 4.22. The van der Waals surface area contributed by atoms with E-state index < -0.39 is 10.0 Å². The third kappa shape index (κ3) is 4.74. The third-order valence-electron chi connectivity index (χ3n) is 2.79. The first-order chi connectivity index (χ1) is 8.90. The van der Waals surface area contributed by atoms with Crippen LogP contribution < -0.4 is 4.72 Å². The first-order valence-corrected chi connectivity index (χ1v) is 7.84. The van der Waals surface area contributed by atoms with E-state index in [9.17, 15) is 8.42 Å². The highest BCUT2D eigenvalue weighted by Crippen LogP contribution is 2.22. The Morgan fingerprint density at radius 2 is 2.11 bits per heavy atom. The smallest absolute Gasteiger partial charge is 0.242 e. The molecular weight excluding hydrogens is 288 g/mol. The molecule has 0 aliphatic rings. The maximum Gasteiger partial charge on any atom is 0.242 e. The van der Waals surface area contributed by atoms with Gasteiger partial charge in [0.25, 0.3) is 0 Å². The quantitative estimate of drug-likeness (QED) is 0.790. The van der Waals surface area contributed by atoms with Crippen molar-refractivity contribution in [3.8, 4) is 0 Å². The van der Waals surface area contributed by atoms with Gasteiger partial charge in [-0.25, -0.2) is 13.1 Å². The Hall–Kier alpha value is -0.660. The van der Waals surface area contributed by atoms with E-state index in [-0.39, 0.29) is 16.5 Å². The largest absolute Gasteiger partial charge is 0.392 e. The zero-order valence-corrected chi connectivity index (χ0v) is 12.6. The molecule has 108 valence electrons. The molecule has 7 heteroatoms. The van der Waals surface area contributed by atoms with E-state index in [4.69, 9.17) is 16.7 Å². The number of aliphatic hydroxyl groups excluding tert-OH is 1. The molecular formula is C12H19ClN2O3S. The highest BCUT2D eigenvalue weighted by Gasteiger charge is 2.18.